The zero-order valence-corrected chi connectivity index (χ0v) is 13.0. The van der Waals surface area contributed by atoms with Crippen molar-refractivity contribution in [2.45, 2.75) is 51.6 Å². The van der Waals surface area contributed by atoms with Crippen LogP contribution in [0.4, 0.5) is 0 Å². The van der Waals surface area contributed by atoms with Crippen molar-refractivity contribution in [1.82, 2.24) is 0 Å². The molecule has 0 amide bonds. The molecule has 1 aromatic carbocycles. The fourth-order valence-corrected chi connectivity index (χ4v) is 4.99. The number of allylic oxidation sites excluding steroid dienone is 2. The summed E-state index contributed by atoms with van der Waals surface area (Å²) >= 11 is 0. The Bertz CT molecular complexity index is 616. The predicted molar refractivity (Wildman–Crippen MR) is 84.3 cm³/mol. The number of rotatable bonds is 1. The molecule has 0 saturated heterocycles. The quantitative estimate of drug-likeness (QED) is 0.845. The minimum atomic E-state index is -0.103. The van der Waals surface area contributed by atoms with Crippen molar-refractivity contribution in [3.05, 3.63) is 34.9 Å². The molecular formula is C19H24O2. The Morgan fingerprint density at radius 2 is 2.05 bits per heavy atom. The van der Waals surface area contributed by atoms with E-state index in [1.54, 1.807) is 18.3 Å². The molecule has 1 fully saturated rings. The van der Waals surface area contributed by atoms with Gasteiger partial charge in [-0.1, -0.05) is 18.6 Å². The maximum Gasteiger partial charge on any atom is 0.119 e. The van der Waals surface area contributed by atoms with Gasteiger partial charge in [-0.15, -0.1) is 0 Å². The molecule has 3 aliphatic carbocycles. The van der Waals surface area contributed by atoms with E-state index in [4.69, 9.17) is 4.74 Å². The highest BCUT2D eigenvalue weighted by Crippen LogP contribution is 2.58. The Hall–Kier alpha value is -1.28. The number of hydrogen-bond donors (Lipinski definition) is 1. The third-order valence-corrected chi connectivity index (χ3v) is 6.31. The van der Waals surface area contributed by atoms with E-state index in [-0.39, 0.29) is 11.5 Å². The van der Waals surface area contributed by atoms with E-state index in [0.29, 0.717) is 5.92 Å². The summed E-state index contributed by atoms with van der Waals surface area (Å²) < 4.78 is 5.37. The van der Waals surface area contributed by atoms with Crippen molar-refractivity contribution in [2.24, 2.45) is 11.3 Å². The average Bonchev–Trinajstić information content (AvgIpc) is 2.82. The Kier molecular flexibility index (Phi) is 2.94. The van der Waals surface area contributed by atoms with Gasteiger partial charge in [0, 0.05) is 5.41 Å². The fourth-order valence-electron chi connectivity index (χ4n) is 4.99. The SMILES string of the molecule is COc1ccc2c(c1)CCC1=C2CCC2(C)[C@@H](O)CC[C@@H]12. The summed E-state index contributed by atoms with van der Waals surface area (Å²) in [6.07, 6.45) is 6.59. The fraction of sp³-hybridized carbons (Fsp3) is 0.579. The first kappa shape index (κ1) is 13.4. The van der Waals surface area contributed by atoms with Crippen molar-refractivity contribution < 1.29 is 9.84 Å². The molecule has 1 unspecified atom stereocenters. The van der Waals surface area contributed by atoms with E-state index < -0.39 is 0 Å². The van der Waals surface area contributed by atoms with Crippen LogP contribution in [0.3, 0.4) is 0 Å². The zero-order chi connectivity index (χ0) is 14.6. The molecule has 1 saturated carbocycles. The first-order chi connectivity index (χ1) is 10.1. The van der Waals surface area contributed by atoms with E-state index in [0.717, 1.165) is 31.4 Å². The second-order valence-corrected chi connectivity index (χ2v) is 7.18. The van der Waals surface area contributed by atoms with Gasteiger partial charge in [0.05, 0.1) is 13.2 Å². The molecule has 4 rings (SSSR count). The van der Waals surface area contributed by atoms with Gasteiger partial charge in [0.15, 0.2) is 0 Å². The number of hydrogen-bond acceptors (Lipinski definition) is 2. The maximum atomic E-state index is 10.4. The van der Waals surface area contributed by atoms with Gasteiger partial charge in [-0.25, -0.2) is 0 Å². The summed E-state index contributed by atoms with van der Waals surface area (Å²) in [5, 5.41) is 10.4. The highest BCUT2D eigenvalue weighted by Gasteiger charge is 2.50. The Balaban J connectivity index is 1.79. The first-order valence-corrected chi connectivity index (χ1v) is 8.21. The third-order valence-electron chi connectivity index (χ3n) is 6.31. The van der Waals surface area contributed by atoms with Gasteiger partial charge in [-0.05, 0) is 73.3 Å². The van der Waals surface area contributed by atoms with Crippen molar-refractivity contribution in [2.75, 3.05) is 7.11 Å². The van der Waals surface area contributed by atoms with Crippen LogP contribution < -0.4 is 4.74 Å². The Labute approximate surface area is 126 Å². The second-order valence-electron chi connectivity index (χ2n) is 7.18. The molecule has 0 spiro atoms. The van der Waals surface area contributed by atoms with Crippen LogP contribution in [-0.4, -0.2) is 18.3 Å². The van der Waals surface area contributed by atoms with Gasteiger partial charge < -0.3 is 9.84 Å². The van der Waals surface area contributed by atoms with Crippen molar-refractivity contribution in [3.8, 4) is 5.75 Å². The Morgan fingerprint density at radius 3 is 2.86 bits per heavy atom. The summed E-state index contributed by atoms with van der Waals surface area (Å²) in [6, 6.07) is 6.54. The number of aliphatic hydroxyl groups excluding tert-OH is 1. The predicted octanol–water partition coefficient (Wildman–Crippen LogP) is 3.97. The monoisotopic (exact) mass is 284 g/mol. The van der Waals surface area contributed by atoms with Gasteiger partial charge in [-0.2, -0.15) is 0 Å². The van der Waals surface area contributed by atoms with E-state index in [1.807, 2.05) is 0 Å². The van der Waals surface area contributed by atoms with E-state index in [2.05, 4.69) is 25.1 Å². The largest absolute Gasteiger partial charge is 0.497 e. The smallest absolute Gasteiger partial charge is 0.119 e. The Morgan fingerprint density at radius 1 is 1.19 bits per heavy atom. The lowest BCUT2D eigenvalue weighted by atomic mass is 9.62. The molecule has 0 bridgehead atoms. The topological polar surface area (TPSA) is 29.5 Å². The van der Waals surface area contributed by atoms with Crippen LogP contribution in [-0.2, 0) is 6.42 Å². The number of aryl methyl sites for hydroxylation is 1. The molecule has 1 aromatic rings. The lowest BCUT2D eigenvalue weighted by molar-refractivity contribution is 0.0379. The number of methoxy groups -OCH3 is 1. The molecule has 0 heterocycles. The number of benzene rings is 1. The lowest BCUT2D eigenvalue weighted by Crippen LogP contribution is -2.37. The van der Waals surface area contributed by atoms with Crippen LogP contribution in [0, 0.1) is 11.3 Å². The number of fused-ring (bicyclic) bond motifs is 4. The lowest BCUT2D eigenvalue weighted by Gasteiger charge is -2.43. The van der Waals surface area contributed by atoms with E-state index >= 15 is 0 Å². The van der Waals surface area contributed by atoms with Crippen molar-refractivity contribution >= 4 is 5.57 Å². The summed E-state index contributed by atoms with van der Waals surface area (Å²) in [6.45, 7) is 2.31. The van der Waals surface area contributed by atoms with Crippen LogP contribution >= 0.6 is 0 Å². The van der Waals surface area contributed by atoms with Crippen LogP contribution in [0.5, 0.6) is 5.75 Å². The number of ether oxygens (including phenoxy) is 1. The molecule has 2 nitrogen and oxygen atoms in total. The molecule has 0 aliphatic heterocycles. The van der Waals surface area contributed by atoms with E-state index in [9.17, 15) is 5.11 Å². The molecular weight excluding hydrogens is 260 g/mol. The van der Waals surface area contributed by atoms with Crippen LogP contribution in [0.25, 0.3) is 5.57 Å². The number of aliphatic hydroxyl groups is 1. The highest BCUT2D eigenvalue weighted by atomic mass is 16.5. The van der Waals surface area contributed by atoms with Gasteiger partial charge in [0.1, 0.15) is 5.75 Å². The molecule has 0 aromatic heterocycles. The highest BCUT2D eigenvalue weighted by molar-refractivity contribution is 5.75. The minimum absolute atomic E-state index is 0.103. The summed E-state index contributed by atoms with van der Waals surface area (Å²) in [5.41, 5.74) is 6.24. The van der Waals surface area contributed by atoms with E-state index in [1.165, 1.54) is 24.0 Å². The minimum Gasteiger partial charge on any atom is -0.497 e. The second kappa shape index (κ2) is 4.61. The molecule has 0 radical (unpaired) electrons. The maximum absolute atomic E-state index is 10.4. The standard InChI is InChI=1S/C19H24O2/c1-19-10-9-15-14-6-4-13(21-2)11-12(14)3-5-16(15)17(19)7-8-18(19)20/h4,6,11,17-18,20H,3,5,7-10H2,1-2H3/t17-,18-,19?/m0/s1. The molecule has 2 heteroatoms. The molecule has 3 aliphatic rings. The molecule has 21 heavy (non-hydrogen) atoms. The van der Waals surface area contributed by atoms with Crippen molar-refractivity contribution in [3.63, 3.8) is 0 Å². The van der Waals surface area contributed by atoms with Crippen LogP contribution in [0.1, 0.15) is 50.2 Å². The summed E-state index contributed by atoms with van der Waals surface area (Å²) in [7, 11) is 1.74. The molecule has 3 atom stereocenters. The van der Waals surface area contributed by atoms with Gasteiger partial charge in [-0.3, -0.25) is 0 Å². The van der Waals surface area contributed by atoms with Crippen LogP contribution in [0.15, 0.2) is 23.8 Å². The van der Waals surface area contributed by atoms with Crippen molar-refractivity contribution in [1.29, 1.82) is 0 Å². The summed E-state index contributed by atoms with van der Waals surface area (Å²) in [4.78, 5) is 0. The normalized spacial score (nSPS) is 34.2. The molecule has 112 valence electrons. The van der Waals surface area contributed by atoms with Gasteiger partial charge in [0.2, 0.25) is 0 Å². The first-order valence-electron chi connectivity index (χ1n) is 8.21. The molecule has 1 N–H and O–H groups in total. The van der Waals surface area contributed by atoms with Gasteiger partial charge >= 0.3 is 0 Å². The van der Waals surface area contributed by atoms with Gasteiger partial charge in [0.25, 0.3) is 0 Å². The average molecular weight is 284 g/mol. The van der Waals surface area contributed by atoms with Crippen LogP contribution in [0.2, 0.25) is 0 Å². The third kappa shape index (κ3) is 1.81. The summed E-state index contributed by atoms with van der Waals surface area (Å²) in [5.74, 6) is 1.57. The zero-order valence-electron chi connectivity index (χ0n) is 13.0.